The number of fused-ring (bicyclic) bond motifs is 5. The van der Waals surface area contributed by atoms with E-state index < -0.39 is 0 Å². The van der Waals surface area contributed by atoms with Crippen LogP contribution in [0.4, 0.5) is 0 Å². The molecule has 0 bridgehead atoms. The van der Waals surface area contributed by atoms with Gasteiger partial charge in [0.05, 0.1) is 5.71 Å². The van der Waals surface area contributed by atoms with Crippen molar-refractivity contribution in [3.05, 3.63) is 11.6 Å². The zero-order chi connectivity index (χ0) is 16.0. The molecule has 0 aromatic rings. The first-order valence-electron chi connectivity index (χ1n) is 9.61. The lowest BCUT2D eigenvalue weighted by atomic mass is 9.50. The molecule has 4 aliphatic rings. The van der Waals surface area contributed by atoms with E-state index in [9.17, 15) is 0 Å². The Morgan fingerprint density at radius 3 is 2.83 bits per heavy atom. The Bertz CT molecular complexity index is 583. The Morgan fingerprint density at radius 1 is 1.22 bits per heavy atom. The third kappa shape index (κ3) is 2.12. The average molecular weight is 311 g/mol. The molecule has 4 rings (SSSR count). The van der Waals surface area contributed by atoms with Gasteiger partial charge in [-0.25, -0.2) is 0 Å². The van der Waals surface area contributed by atoms with Crippen LogP contribution in [-0.4, -0.2) is 10.9 Å². The monoisotopic (exact) mass is 311 g/mol. The smallest absolute Gasteiger partial charge is 0.0795 e. The molecule has 2 heteroatoms. The fourth-order valence-electron chi connectivity index (χ4n) is 7.02. The van der Waals surface area contributed by atoms with Crippen LogP contribution in [0, 0.1) is 47.3 Å². The predicted octanol–water partition coefficient (Wildman–Crippen LogP) is 5.03. The molecule has 0 radical (unpaired) electrons. The summed E-state index contributed by atoms with van der Waals surface area (Å²) in [6.45, 7) is 2.38. The predicted molar refractivity (Wildman–Crippen MR) is 93.2 cm³/mol. The molecule has 0 spiro atoms. The van der Waals surface area contributed by atoms with Crippen LogP contribution in [0.3, 0.4) is 0 Å². The number of rotatable bonds is 1. The zero-order valence-corrected chi connectivity index (χ0v) is 14.3. The summed E-state index contributed by atoms with van der Waals surface area (Å²) in [5.41, 5.74) is 2.91. The van der Waals surface area contributed by atoms with Crippen LogP contribution in [0.1, 0.15) is 64.7 Å². The van der Waals surface area contributed by atoms with Gasteiger partial charge < -0.3 is 5.21 Å². The summed E-state index contributed by atoms with van der Waals surface area (Å²) in [4.78, 5) is 0. The van der Waals surface area contributed by atoms with Gasteiger partial charge in [-0.2, -0.15) is 0 Å². The van der Waals surface area contributed by atoms with E-state index in [0.29, 0.717) is 11.3 Å². The lowest BCUT2D eigenvalue weighted by molar-refractivity contribution is -0.0244. The summed E-state index contributed by atoms with van der Waals surface area (Å²) in [5, 5.41) is 12.5. The number of oxime groups is 1. The fraction of sp³-hybridized carbons (Fsp3) is 0.762. The van der Waals surface area contributed by atoms with E-state index in [2.05, 4.69) is 24.1 Å². The molecule has 0 saturated heterocycles. The number of terminal acetylenes is 1. The van der Waals surface area contributed by atoms with Crippen LogP contribution in [0.2, 0.25) is 0 Å². The quantitative estimate of drug-likeness (QED) is 0.411. The molecule has 0 aromatic carbocycles. The van der Waals surface area contributed by atoms with Crippen LogP contribution < -0.4 is 0 Å². The van der Waals surface area contributed by atoms with Gasteiger partial charge in [0.2, 0.25) is 0 Å². The van der Waals surface area contributed by atoms with E-state index in [-0.39, 0.29) is 0 Å². The average Bonchev–Trinajstić information content (AvgIpc) is 2.99. The van der Waals surface area contributed by atoms with Crippen molar-refractivity contribution in [2.75, 3.05) is 0 Å². The summed E-state index contributed by atoms with van der Waals surface area (Å²) < 4.78 is 0. The number of hydrogen-bond donors (Lipinski definition) is 1. The largest absolute Gasteiger partial charge is 0.411 e. The van der Waals surface area contributed by atoms with E-state index in [1.54, 1.807) is 5.57 Å². The van der Waals surface area contributed by atoms with Crippen molar-refractivity contribution in [3.63, 3.8) is 0 Å². The maximum atomic E-state index is 9.08. The van der Waals surface area contributed by atoms with Crippen LogP contribution in [0.25, 0.3) is 0 Å². The Balaban J connectivity index is 1.63. The molecule has 4 aliphatic carbocycles. The minimum absolute atomic E-state index is 0.448. The highest BCUT2D eigenvalue weighted by Gasteiger charge is 2.57. The normalized spacial score (nSPS) is 47.2. The molecular formula is C21H29NO. The second-order valence-corrected chi connectivity index (χ2v) is 8.35. The van der Waals surface area contributed by atoms with Crippen LogP contribution in [0.15, 0.2) is 16.8 Å². The summed E-state index contributed by atoms with van der Waals surface area (Å²) in [7, 11) is 0. The Hall–Kier alpha value is -1.23. The molecule has 0 amide bonds. The van der Waals surface area contributed by atoms with Crippen molar-refractivity contribution in [2.45, 2.75) is 64.7 Å². The molecule has 23 heavy (non-hydrogen) atoms. The van der Waals surface area contributed by atoms with Crippen LogP contribution in [-0.2, 0) is 0 Å². The van der Waals surface area contributed by atoms with Gasteiger partial charge in [0.25, 0.3) is 0 Å². The molecular weight excluding hydrogens is 282 g/mol. The van der Waals surface area contributed by atoms with Gasteiger partial charge in [0, 0.05) is 5.92 Å². The van der Waals surface area contributed by atoms with Crippen LogP contribution in [0.5, 0.6) is 0 Å². The van der Waals surface area contributed by atoms with E-state index in [1.165, 1.54) is 51.4 Å². The maximum absolute atomic E-state index is 9.08. The summed E-state index contributed by atoms with van der Waals surface area (Å²) in [6, 6.07) is 0. The van der Waals surface area contributed by atoms with Crippen molar-refractivity contribution in [1.82, 2.24) is 0 Å². The molecule has 1 N–H and O–H groups in total. The molecule has 6 atom stereocenters. The Morgan fingerprint density at radius 2 is 2.09 bits per heavy atom. The number of nitrogens with zero attached hydrogens (tertiary/aromatic N) is 1. The fourth-order valence-corrected chi connectivity index (χ4v) is 7.02. The molecule has 3 saturated carbocycles. The second-order valence-electron chi connectivity index (χ2n) is 8.35. The van der Waals surface area contributed by atoms with Gasteiger partial charge in [-0.15, -0.1) is 12.3 Å². The van der Waals surface area contributed by atoms with Gasteiger partial charge >= 0.3 is 0 Å². The molecule has 124 valence electrons. The highest BCUT2D eigenvalue weighted by molar-refractivity contribution is 5.96. The lowest BCUT2D eigenvalue weighted by Gasteiger charge is -2.54. The highest BCUT2D eigenvalue weighted by Crippen LogP contribution is 2.64. The standard InChI is InChI=1S/C21H29NO/c1-3-15-6-10-20-19-8-5-14-13-16(22-23)7-9-17(14)18(19)11-12-21(15,20)4-2/h1,13,15,17-20,23H,4-12H2,2H3/b22-16+/t15?,17-,18+,19+,20-,21-/m0/s1. The van der Waals surface area contributed by atoms with Crippen molar-refractivity contribution >= 4 is 5.71 Å². The van der Waals surface area contributed by atoms with Crippen molar-refractivity contribution in [2.24, 2.45) is 40.2 Å². The lowest BCUT2D eigenvalue weighted by Crippen LogP contribution is -2.47. The Kier molecular flexibility index (Phi) is 3.79. The first kappa shape index (κ1) is 15.3. The SMILES string of the molecule is C#CC1CC[C@H]2[C@@H]3CCC4=C/C(=N/O)CC[C@@H]4[C@H]3CC[C@@]12CC. The first-order valence-corrected chi connectivity index (χ1v) is 9.61. The minimum Gasteiger partial charge on any atom is -0.411 e. The van der Waals surface area contributed by atoms with Gasteiger partial charge in [-0.05, 0) is 93.0 Å². The van der Waals surface area contributed by atoms with E-state index in [0.717, 1.165) is 35.8 Å². The summed E-state index contributed by atoms with van der Waals surface area (Å²) in [5.74, 6) is 7.04. The van der Waals surface area contributed by atoms with Crippen molar-refractivity contribution in [1.29, 1.82) is 0 Å². The van der Waals surface area contributed by atoms with Crippen LogP contribution >= 0.6 is 0 Å². The topological polar surface area (TPSA) is 32.6 Å². The maximum Gasteiger partial charge on any atom is 0.0795 e. The van der Waals surface area contributed by atoms with Gasteiger partial charge in [-0.1, -0.05) is 17.7 Å². The second kappa shape index (κ2) is 5.69. The third-order valence-electron chi connectivity index (χ3n) is 8.02. The molecule has 0 heterocycles. The van der Waals surface area contributed by atoms with Gasteiger partial charge in [0.15, 0.2) is 0 Å². The Labute approximate surface area is 140 Å². The zero-order valence-electron chi connectivity index (χ0n) is 14.3. The number of hydrogen-bond acceptors (Lipinski definition) is 2. The van der Waals surface area contributed by atoms with Crippen molar-refractivity contribution in [3.8, 4) is 12.3 Å². The van der Waals surface area contributed by atoms with E-state index >= 15 is 0 Å². The van der Waals surface area contributed by atoms with Gasteiger partial charge in [-0.3, -0.25) is 0 Å². The van der Waals surface area contributed by atoms with Gasteiger partial charge in [0.1, 0.15) is 0 Å². The number of allylic oxidation sites excluding steroid dienone is 2. The van der Waals surface area contributed by atoms with E-state index in [4.69, 9.17) is 11.6 Å². The highest BCUT2D eigenvalue weighted by atomic mass is 16.4. The molecule has 1 unspecified atom stereocenters. The molecule has 0 aliphatic heterocycles. The summed E-state index contributed by atoms with van der Waals surface area (Å²) >= 11 is 0. The van der Waals surface area contributed by atoms with Crippen molar-refractivity contribution < 1.29 is 5.21 Å². The minimum atomic E-state index is 0.448. The third-order valence-corrected chi connectivity index (χ3v) is 8.02. The van der Waals surface area contributed by atoms with E-state index in [1.807, 2.05) is 0 Å². The molecule has 3 fully saturated rings. The first-order chi connectivity index (χ1) is 11.2. The summed E-state index contributed by atoms with van der Waals surface area (Å²) in [6.07, 6.45) is 19.4. The molecule has 2 nitrogen and oxygen atoms in total. The molecule has 0 aromatic heterocycles.